The average molecular weight is 1030 g/mol. The predicted octanol–water partition coefficient (Wildman–Crippen LogP) is 2.73. The molecule has 378 valence electrons. The van der Waals surface area contributed by atoms with E-state index in [0.717, 1.165) is 87.0 Å². The zero-order valence-corrected chi connectivity index (χ0v) is 41.1. The number of rotatable bonds is 28. The van der Waals surface area contributed by atoms with Crippen molar-refractivity contribution in [2.75, 3.05) is 43.8 Å². The van der Waals surface area contributed by atoms with Gasteiger partial charge in [-0.3, -0.25) is 38.4 Å². The van der Waals surface area contributed by atoms with Gasteiger partial charge < -0.3 is 56.8 Å². The zero-order valence-electron chi connectivity index (χ0n) is 38.7. The zero-order chi connectivity index (χ0) is 49.6. The summed E-state index contributed by atoms with van der Waals surface area (Å²) >= 11 is 3.35. The molecule has 0 aromatic heterocycles. The van der Waals surface area contributed by atoms with Gasteiger partial charge in [-0.2, -0.15) is 0 Å². The number of hydrogen-bond acceptors (Lipinski definition) is 22. The van der Waals surface area contributed by atoms with Gasteiger partial charge in [0, 0.05) is 66.1 Å². The first-order valence-electron chi connectivity index (χ1n) is 21.6. The second-order valence-corrected chi connectivity index (χ2v) is 18.7. The maximum absolute atomic E-state index is 13.2. The van der Waals surface area contributed by atoms with Gasteiger partial charge in [-0.05, 0) is 12.8 Å². The van der Waals surface area contributed by atoms with Gasteiger partial charge in [-0.15, -0.1) is 0 Å². The molecule has 2 aliphatic heterocycles. The van der Waals surface area contributed by atoms with Gasteiger partial charge in [0.15, 0.2) is 52.9 Å². The standard InChI is InChI=1S/C42H65BrO22S/c1-24(44)55-21-32-35(58-26(3)46)37(59-27(4)47)40(62-30(7)50)42(64-32)65-36-33(22-56-25(2)45)63-41(39(61-29(6)49)38(36)60-28(5)48)57-20-31(19-43)23-66(52,53)18-16-14-12-10-9-11-13-15-17-34(51)54-8/h31-33,35-42H,9-23H2,1-8H3/t31?,32-,33-,35+,36-,37+,38+,39-,40-,41+,42+/m1/s1. The lowest BCUT2D eigenvalue weighted by molar-refractivity contribution is -0.361. The summed E-state index contributed by atoms with van der Waals surface area (Å²) in [5.41, 5.74) is 0. The summed E-state index contributed by atoms with van der Waals surface area (Å²) in [5, 5.41) is 0.159. The first-order chi connectivity index (χ1) is 31.1. The number of unbranched alkanes of at least 4 members (excludes halogenated alkanes) is 7. The molecule has 1 unspecified atom stereocenters. The number of halogens is 1. The van der Waals surface area contributed by atoms with E-state index in [4.69, 9.17) is 52.1 Å². The molecule has 2 rings (SSSR count). The highest BCUT2D eigenvalue weighted by atomic mass is 79.9. The lowest BCUT2D eigenvalue weighted by atomic mass is 9.96. The lowest BCUT2D eigenvalue weighted by Gasteiger charge is -2.48. The number of hydrogen-bond donors (Lipinski definition) is 0. The van der Waals surface area contributed by atoms with Crippen LogP contribution in [-0.2, 0) is 105 Å². The number of sulfone groups is 1. The van der Waals surface area contributed by atoms with Gasteiger partial charge in [0.2, 0.25) is 0 Å². The fourth-order valence-corrected chi connectivity index (χ4v) is 9.63. The largest absolute Gasteiger partial charge is 0.469 e. The van der Waals surface area contributed by atoms with Crippen molar-refractivity contribution in [3.05, 3.63) is 0 Å². The van der Waals surface area contributed by atoms with E-state index < -0.39 is 132 Å². The number of carbonyl (C=O) groups is 8. The third-order valence-electron chi connectivity index (χ3n) is 9.90. The van der Waals surface area contributed by atoms with E-state index in [2.05, 4.69) is 20.7 Å². The van der Waals surface area contributed by atoms with Crippen molar-refractivity contribution in [2.24, 2.45) is 5.92 Å². The number of alkyl halides is 1. The summed E-state index contributed by atoms with van der Waals surface area (Å²) in [4.78, 5) is 97.9. The van der Waals surface area contributed by atoms with Crippen LogP contribution in [0.2, 0.25) is 0 Å². The van der Waals surface area contributed by atoms with Gasteiger partial charge in [0.05, 0.1) is 25.2 Å². The topological polar surface area (TPSA) is 281 Å². The molecule has 0 bridgehead atoms. The molecule has 0 aliphatic carbocycles. The van der Waals surface area contributed by atoms with E-state index in [1.54, 1.807) is 0 Å². The Morgan fingerprint density at radius 3 is 1.41 bits per heavy atom. The second kappa shape index (κ2) is 29.7. The molecule has 22 nitrogen and oxygen atoms in total. The Morgan fingerprint density at radius 1 is 0.530 bits per heavy atom. The van der Waals surface area contributed by atoms with Crippen LogP contribution in [0.1, 0.15) is 106 Å². The highest BCUT2D eigenvalue weighted by Crippen LogP contribution is 2.36. The summed E-state index contributed by atoms with van der Waals surface area (Å²) < 4.78 is 94.0. The molecule has 0 aromatic rings. The van der Waals surface area contributed by atoms with Crippen molar-refractivity contribution in [3.8, 4) is 0 Å². The van der Waals surface area contributed by atoms with Gasteiger partial charge in [-0.1, -0.05) is 54.5 Å². The lowest BCUT2D eigenvalue weighted by Crippen LogP contribution is -2.67. The van der Waals surface area contributed by atoms with Crippen molar-refractivity contribution >= 4 is 73.5 Å². The summed E-state index contributed by atoms with van der Waals surface area (Å²) in [7, 11) is -2.23. The maximum atomic E-state index is 13.2. The Balaban J connectivity index is 2.41. The number of methoxy groups -OCH3 is 1. The van der Waals surface area contributed by atoms with E-state index in [9.17, 15) is 46.8 Å². The Labute approximate surface area is 393 Å². The van der Waals surface area contributed by atoms with E-state index in [-0.39, 0.29) is 29.4 Å². The molecule has 11 atom stereocenters. The first-order valence-corrected chi connectivity index (χ1v) is 24.6. The molecular formula is C42H65BrO22S. The van der Waals surface area contributed by atoms with Crippen LogP contribution in [-0.4, -0.2) is 161 Å². The van der Waals surface area contributed by atoms with Gasteiger partial charge in [-0.25, -0.2) is 8.42 Å². The highest BCUT2D eigenvalue weighted by molar-refractivity contribution is 9.09. The SMILES string of the molecule is COC(=O)CCCCCCCCCCS(=O)(=O)CC(CBr)CO[C@H]1O[C@H](COC(C)=O)[C@@H](O[C@@H]2O[C@H](COC(C)=O)[C@H](OC(C)=O)[C@H](OC(C)=O)[C@H]2OC(C)=O)[C@H](OC(C)=O)[C@H]1OC(C)=O. The molecule has 2 fully saturated rings. The Morgan fingerprint density at radius 2 is 0.939 bits per heavy atom. The minimum absolute atomic E-state index is 0.0666. The van der Waals surface area contributed by atoms with Crippen molar-refractivity contribution in [1.82, 2.24) is 0 Å². The molecule has 66 heavy (non-hydrogen) atoms. The molecule has 2 heterocycles. The molecule has 0 N–H and O–H groups in total. The maximum Gasteiger partial charge on any atom is 0.305 e. The van der Waals surface area contributed by atoms with Crippen molar-refractivity contribution < 1.29 is 104 Å². The van der Waals surface area contributed by atoms with Crippen LogP contribution >= 0.6 is 15.9 Å². The monoisotopic (exact) mass is 1030 g/mol. The average Bonchev–Trinajstić information content (AvgIpc) is 3.21. The van der Waals surface area contributed by atoms with E-state index in [1.165, 1.54) is 7.11 Å². The fourth-order valence-electron chi connectivity index (χ4n) is 7.17. The first kappa shape index (κ1) is 58.2. The van der Waals surface area contributed by atoms with Crippen LogP contribution in [0.4, 0.5) is 0 Å². The Hall–Kier alpha value is -3.97. The normalized spacial score (nSPS) is 25.6. The summed E-state index contributed by atoms with van der Waals surface area (Å²) in [6, 6.07) is 0. The molecule has 0 spiro atoms. The highest BCUT2D eigenvalue weighted by Gasteiger charge is 2.57. The van der Waals surface area contributed by atoms with Crippen molar-refractivity contribution in [1.29, 1.82) is 0 Å². The minimum Gasteiger partial charge on any atom is -0.469 e. The van der Waals surface area contributed by atoms with Gasteiger partial charge in [0.25, 0.3) is 0 Å². The van der Waals surface area contributed by atoms with Crippen LogP contribution in [0.5, 0.6) is 0 Å². The van der Waals surface area contributed by atoms with E-state index in [0.29, 0.717) is 19.3 Å². The van der Waals surface area contributed by atoms with E-state index >= 15 is 0 Å². The van der Waals surface area contributed by atoms with Crippen LogP contribution in [0.15, 0.2) is 0 Å². The van der Waals surface area contributed by atoms with Crippen molar-refractivity contribution in [3.63, 3.8) is 0 Å². The van der Waals surface area contributed by atoms with Gasteiger partial charge >= 0.3 is 47.8 Å². The smallest absolute Gasteiger partial charge is 0.305 e. The molecule has 2 saturated heterocycles. The molecular weight excluding hydrogens is 968 g/mol. The fraction of sp³-hybridized carbons (Fsp3) is 0.810. The van der Waals surface area contributed by atoms with Crippen LogP contribution < -0.4 is 0 Å². The van der Waals surface area contributed by atoms with Crippen LogP contribution in [0, 0.1) is 5.92 Å². The summed E-state index contributed by atoms with van der Waals surface area (Å²) in [6.07, 6.45) is -9.47. The molecule has 0 amide bonds. The number of carbonyl (C=O) groups excluding carboxylic acids is 8. The molecule has 24 heteroatoms. The van der Waals surface area contributed by atoms with Crippen LogP contribution in [0.3, 0.4) is 0 Å². The van der Waals surface area contributed by atoms with E-state index in [1.807, 2.05) is 0 Å². The molecule has 2 aliphatic rings. The molecule has 0 aromatic carbocycles. The van der Waals surface area contributed by atoms with Crippen molar-refractivity contribution in [2.45, 2.75) is 168 Å². The number of ether oxygens (including phenoxy) is 12. The second-order valence-electron chi connectivity index (χ2n) is 15.8. The number of esters is 8. The third-order valence-corrected chi connectivity index (χ3v) is 12.7. The third kappa shape index (κ3) is 21.8. The Bertz CT molecular complexity index is 1720. The quantitative estimate of drug-likeness (QED) is 0.0471. The van der Waals surface area contributed by atoms with Gasteiger partial charge in [0.1, 0.15) is 31.5 Å². The predicted molar refractivity (Wildman–Crippen MR) is 229 cm³/mol. The Kier molecular flexibility index (Phi) is 26.2. The molecule has 0 radical (unpaired) electrons. The molecule has 0 saturated carbocycles. The minimum atomic E-state index is -3.59. The van der Waals surface area contributed by atoms with Crippen LogP contribution in [0.25, 0.3) is 0 Å². The summed E-state index contributed by atoms with van der Waals surface area (Å²) in [5.74, 6) is -7.41. The summed E-state index contributed by atoms with van der Waals surface area (Å²) in [6.45, 7) is 5.80.